The first-order chi connectivity index (χ1) is 8.09. The summed E-state index contributed by atoms with van der Waals surface area (Å²) in [6, 6.07) is 4.15. The van der Waals surface area contributed by atoms with E-state index in [9.17, 15) is 13.4 Å². The van der Waals surface area contributed by atoms with Crippen molar-refractivity contribution in [3.05, 3.63) is 34.6 Å². The van der Waals surface area contributed by atoms with Gasteiger partial charge in [0.2, 0.25) is 0 Å². The molecule has 3 nitrogen and oxygen atoms in total. The zero-order valence-corrected chi connectivity index (χ0v) is 10.6. The van der Waals surface area contributed by atoms with Crippen molar-refractivity contribution in [1.29, 1.82) is 0 Å². The van der Waals surface area contributed by atoms with E-state index in [0.717, 1.165) is 0 Å². The number of halogens is 2. The van der Waals surface area contributed by atoms with Crippen molar-refractivity contribution in [1.82, 2.24) is 4.90 Å². The predicted octanol–water partition coefficient (Wildman–Crippen LogP) is 1.68. The smallest absolute Gasteiger partial charge is 0.258 e. The molecule has 1 aliphatic rings. The second kappa shape index (κ2) is 5.14. The van der Waals surface area contributed by atoms with Gasteiger partial charge in [-0.1, -0.05) is 17.7 Å². The Morgan fingerprint density at radius 2 is 2.00 bits per heavy atom. The molecule has 1 fully saturated rings. The van der Waals surface area contributed by atoms with Crippen LogP contribution in [0.3, 0.4) is 0 Å². The van der Waals surface area contributed by atoms with Crippen molar-refractivity contribution in [3.63, 3.8) is 0 Å². The number of nitrogens with zero attached hydrogens (tertiary/aromatic N) is 1. The Hall–Kier alpha value is -0.940. The van der Waals surface area contributed by atoms with Crippen LogP contribution < -0.4 is 0 Å². The molecular weight excluding hydrogens is 265 g/mol. The van der Waals surface area contributed by atoms with Gasteiger partial charge in [-0.25, -0.2) is 4.39 Å². The van der Waals surface area contributed by atoms with Gasteiger partial charge in [0.15, 0.2) is 0 Å². The molecular formula is C11H11ClFNO2S. The van der Waals surface area contributed by atoms with E-state index in [4.69, 9.17) is 11.6 Å². The Kier molecular flexibility index (Phi) is 3.79. The van der Waals surface area contributed by atoms with E-state index in [2.05, 4.69) is 0 Å². The molecule has 1 heterocycles. The van der Waals surface area contributed by atoms with Crippen LogP contribution in [0.25, 0.3) is 0 Å². The van der Waals surface area contributed by atoms with E-state index >= 15 is 0 Å². The quantitative estimate of drug-likeness (QED) is 0.782. The first-order valence-corrected chi connectivity index (χ1v) is 7.04. The van der Waals surface area contributed by atoms with Crippen LogP contribution in [0.15, 0.2) is 18.2 Å². The molecule has 1 amide bonds. The molecule has 1 aromatic rings. The SMILES string of the molecule is O=C(c1c(F)cccc1Cl)N1CCS(=O)CC1. The van der Waals surface area contributed by atoms with Crippen molar-refractivity contribution < 1.29 is 13.4 Å². The third kappa shape index (κ3) is 2.66. The molecule has 0 radical (unpaired) electrons. The zero-order valence-electron chi connectivity index (χ0n) is 8.99. The number of hydrogen-bond acceptors (Lipinski definition) is 2. The third-order valence-corrected chi connectivity index (χ3v) is 4.23. The molecule has 1 aliphatic heterocycles. The summed E-state index contributed by atoms with van der Waals surface area (Å²) in [5.41, 5.74) is -0.0955. The summed E-state index contributed by atoms with van der Waals surface area (Å²) in [5, 5.41) is 0.113. The fourth-order valence-corrected chi connectivity index (χ4v) is 3.00. The zero-order chi connectivity index (χ0) is 12.4. The summed E-state index contributed by atoms with van der Waals surface area (Å²) < 4.78 is 24.7. The molecule has 2 rings (SSSR count). The number of hydrogen-bond donors (Lipinski definition) is 0. The second-order valence-corrected chi connectivity index (χ2v) is 5.84. The van der Waals surface area contributed by atoms with E-state index < -0.39 is 22.5 Å². The van der Waals surface area contributed by atoms with Gasteiger partial charge in [-0.3, -0.25) is 9.00 Å². The maximum absolute atomic E-state index is 13.5. The molecule has 0 spiro atoms. The molecule has 0 unspecified atom stereocenters. The first kappa shape index (κ1) is 12.5. The molecule has 17 heavy (non-hydrogen) atoms. The minimum absolute atomic E-state index is 0.0955. The van der Waals surface area contributed by atoms with Gasteiger partial charge in [0, 0.05) is 35.4 Å². The summed E-state index contributed by atoms with van der Waals surface area (Å²) in [6.07, 6.45) is 0. The monoisotopic (exact) mass is 275 g/mol. The van der Waals surface area contributed by atoms with Gasteiger partial charge in [0.05, 0.1) is 10.6 Å². The van der Waals surface area contributed by atoms with Crippen molar-refractivity contribution in [2.45, 2.75) is 0 Å². The van der Waals surface area contributed by atoms with Crippen LogP contribution in [-0.4, -0.2) is 39.6 Å². The van der Waals surface area contributed by atoms with E-state index in [1.165, 1.54) is 23.1 Å². The Morgan fingerprint density at radius 3 is 2.59 bits per heavy atom. The van der Waals surface area contributed by atoms with E-state index in [1.807, 2.05) is 0 Å². The molecule has 6 heteroatoms. The highest BCUT2D eigenvalue weighted by atomic mass is 35.5. The number of amides is 1. The lowest BCUT2D eigenvalue weighted by Crippen LogP contribution is -2.42. The molecule has 1 saturated heterocycles. The normalized spacial score (nSPS) is 17.2. The fourth-order valence-electron chi connectivity index (χ4n) is 1.70. The minimum atomic E-state index is -0.865. The summed E-state index contributed by atoms with van der Waals surface area (Å²) in [5.74, 6) is -0.158. The van der Waals surface area contributed by atoms with E-state index in [1.54, 1.807) is 0 Å². The molecule has 0 N–H and O–H groups in total. The molecule has 0 atom stereocenters. The Bertz CT molecular complexity index is 450. The van der Waals surface area contributed by atoms with Gasteiger partial charge >= 0.3 is 0 Å². The topological polar surface area (TPSA) is 37.4 Å². The van der Waals surface area contributed by atoms with Crippen LogP contribution in [0.4, 0.5) is 4.39 Å². The predicted molar refractivity (Wildman–Crippen MR) is 65.2 cm³/mol. The average Bonchev–Trinajstić information content (AvgIpc) is 2.29. The highest BCUT2D eigenvalue weighted by molar-refractivity contribution is 7.85. The van der Waals surface area contributed by atoms with Crippen molar-refractivity contribution in [2.75, 3.05) is 24.6 Å². The van der Waals surface area contributed by atoms with Crippen LogP contribution in [0, 0.1) is 5.82 Å². The van der Waals surface area contributed by atoms with Gasteiger partial charge in [0.1, 0.15) is 5.82 Å². The van der Waals surface area contributed by atoms with Gasteiger partial charge in [-0.2, -0.15) is 0 Å². The lowest BCUT2D eigenvalue weighted by atomic mass is 10.2. The highest BCUT2D eigenvalue weighted by Gasteiger charge is 2.25. The summed E-state index contributed by atoms with van der Waals surface area (Å²) in [7, 11) is -0.865. The molecule has 0 bridgehead atoms. The summed E-state index contributed by atoms with van der Waals surface area (Å²) in [6.45, 7) is 0.770. The maximum Gasteiger partial charge on any atom is 0.258 e. The summed E-state index contributed by atoms with van der Waals surface area (Å²) >= 11 is 5.82. The second-order valence-electron chi connectivity index (χ2n) is 3.74. The lowest BCUT2D eigenvalue weighted by Gasteiger charge is -2.26. The number of carbonyl (C=O) groups excluding carboxylic acids is 1. The fraction of sp³-hybridized carbons (Fsp3) is 0.364. The van der Waals surface area contributed by atoms with Gasteiger partial charge in [0.25, 0.3) is 5.91 Å². The van der Waals surface area contributed by atoms with E-state index in [0.29, 0.717) is 24.6 Å². The first-order valence-electron chi connectivity index (χ1n) is 5.18. The highest BCUT2D eigenvalue weighted by Crippen LogP contribution is 2.21. The van der Waals surface area contributed by atoms with Gasteiger partial charge in [-0.15, -0.1) is 0 Å². The molecule has 0 aromatic heterocycles. The van der Waals surface area contributed by atoms with Crippen LogP contribution in [-0.2, 0) is 10.8 Å². The molecule has 0 saturated carbocycles. The molecule has 0 aliphatic carbocycles. The Balaban J connectivity index is 2.22. The van der Waals surface area contributed by atoms with Gasteiger partial charge < -0.3 is 4.90 Å². The molecule has 1 aromatic carbocycles. The van der Waals surface area contributed by atoms with Gasteiger partial charge in [-0.05, 0) is 12.1 Å². The van der Waals surface area contributed by atoms with Crippen LogP contribution in [0.2, 0.25) is 5.02 Å². The summed E-state index contributed by atoms with van der Waals surface area (Å²) in [4.78, 5) is 13.5. The number of benzene rings is 1. The van der Waals surface area contributed by atoms with Crippen molar-refractivity contribution >= 4 is 28.3 Å². The average molecular weight is 276 g/mol. The van der Waals surface area contributed by atoms with Crippen molar-refractivity contribution in [3.8, 4) is 0 Å². The minimum Gasteiger partial charge on any atom is -0.337 e. The number of carbonyl (C=O) groups is 1. The lowest BCUT2D eigenvalue weighted by molar-refractivity contribution is 0.0767. The Morgan fingerprint density at radius 1 is 1.35 bits per heavy atom. The van der Waals surface area contributed by atoms with Crippen LogP contribution in [0.5, 0.6) is 0 Å². The standard InChI is InChI=1S/C11H11ClFNO2S/c12-8-2-1-3-9(13)10(8)11(15)14-4-6-17(16)7-5-14/h1-3H,4-7H2. The maximum atomic E-state index is 13.5. The third-order valence-electron chi connectivity index (χ3n) is 2.64. The Labute approximate surface area is 106 Å². The number of rotatable bonds is 1. The molecule has 92 valence electrons. The van der Waals surface area contributed by atoms with Crippen LogP contribution in [0.1, 0.15) is 10.4 Å². The van der Waals surface area contributed by atoms with Crippen LogP contribution >= 0.6 is 11.6 Å². The van der Waals surface area contributed by atoms with E-state index in [-0.39, 0.29) is 10.6 Å². The largest absolute Gasteiger partial charge is 0.337 e. The van der Waals surface area contributed by atoms with Crippen molar-refractivity contribution in [2.24, 2.45) is 0 Å².